The lowest BCUT2D eigenvalue weighted by molar-refractivity contribution is 0.221. The fourth-order valence-corrected chi connectivity index (χ4v) is 2.91. The van der Waals surface area contributed by atoms with E-state index in [4.69, 9.17) is 21.9 Å². The zero-order valence-corrected chi connectivity index (χ0v) is 12.1. The number of nitrogen functional groups attached to an aromatic ring is 1. The van der Waals surface area contributed by atoms with Crippen LogP contribution in [0.4, 0.5) is 5.88 Å². The van der Waals surface area contributed by atoms with Gasteiger partial charge in [-0.2, -0.15) is 0 Å². The Bertz CT molecular complexity index is 591. The monoisotopic (exact) mass is 291 g/mol. The molecule has 5 heteroatoms. The van der Waals surface area contributed by atoms with E-state index in [2.05, 4.69) is 16.1 Å². The minimum absolute atomic E-state index is 0.324. The lowest BCUT2D eigenvalue weighted by Gasteiger charge is -2.26. The maximum Gasteiger partial charge on any atom is 0.229 e. The molecule has 2 aromatic rings. The Hall–Kier alpha value is -1.52. The number of piperidine rings is 1. The van der Waals surface area contributed by atoms with Crippen molar-refractivity contribution in [1.29, 1.82) is 0 Å². The van der Waals surface area contributed by atoms with E-state index in [1.54, 1.807) is 6.20 Å². The second-order valence-electron chi connectivity index (χ2n) is 5.25. The molecule has 2 heterocycles. The molecule has 1 fully saturated rings. The quantitative estimate of drug-likeness (QED) is 0.939. The molecule has 1 aromatic carbocycles. The number of nitrogens with zero attached hydrogens (tertiary/aromatic N) is 2. The van der Waals surface area contributed by atoms with Crippen LogP contribution in [0.15, 0.2) is 28.9 Å². The van der Waals surface area contributed by atoms with E-state index in [0.717, 1.165) is 41.3 Å². The van der Waals surface area contributed by atoms with Gasteiger partial charge in [0.05, 0.1) is 11.8 Å². The van der Waals surface area contributed by atoms with Crippen LogP contribution < -0.4 is 5.73 Å². The fraction of sp³-hybridized carbons (Fsp3) is 0.400. The minimum atomic E-state index is 0.324. The molecule has 0 saturated carbocycles. The van der Waals surface area contributed by atoms with Gasteiger partial charge in [0.25, 0.3) is 0 Å². The largest absolute Gasteiger partial charge is 0.367 e. The Morgan fingerprint density at radius 2 is 2.05 bits per heavy atom. The van der Waals surface area contributed by atoms with Gasteiger partial charge in [0.2, 0.25) is 5.88 Å². The molecule has 4 nitrogen and oxygen atoms in total. The number of anilines is 1. The van der Waals surface area contributed by atoms with Gasteiger partial charge in [-0.25, -0.2) is 0 Å². The summed E-state index contributed by atoms with van der Waals surface area (Å²) in [5.41, 5.74) is 8.62. The van der Waals surface area contributed by atoms with Crippen LogP contribution >= 0.6 is 11.6 Å². The number of benzene rings is 1. The zero-order chi connectivity index (χ0) is 13.9. The maximum absolute atomic E-state index is 6.40. The summed E-state index contributed by atoms with van der Waals surface area (Å²) >= 11 is 6.40. The number of likely N-dealkylation sites (tertiary alicyclic amines) is 1. The molecule has 1 saturated heterocycles. The van der Waals surface area contributed by atoms with Crippen LogP contribution in [0.3, 0.4) is 0 Å². The van der Waals surface area contributed by atoms with Crippen LogP contribution in [0.2, 0.25) is 5.02 Å². The zero-order valence-electron chi connectivity index (χ0n) is 11.3. The van der Waals surface area contributed by atoms with Gasteiger partial charge in [-0.05, 0) is 43.1 Å². The molecule has 1 aliphatic heterocycles. The standard InChI is InChI=1S/C15H18ClN3O/c16-14-8-11(13-9-18-20-15(13)17)4-5-12(14)10-19-6-2-1-3-7-19/h4-5,8-9H,1-3,6-7,10,17H2. The number of halogens is 1. The highest BCUT2D eigenvalue weighted by atomic mass is 35.5. The summed E-state index contributed by atoms with van der Waals surface area (Å²) in [5.74, 6) is 0.324. The Morgan fingerprint density at radius 1 is 1.25 bits per heavy atom. The van der Waals surface area contributed by atoms with Crippen molar-refractivity contribution in [2.75, 3.05) is 18.8 Å². The van der Waals surface area contributed by atoms with Gasteiger partial charge in [0.15, 0.2) is 0 Å². The highest BCUT2D eigenvalue weighted by Crippen LogP contribution is 2.30. The first-order valence-corrected chi connectivity index (χ1v) is 7.33. The predicted molar refractivity (Wildman–Crippen MR) is 80.5 cm³/mol. The summed E-state index contributed by atoms with van der Waals surface area (Å²) in [5, 5.41) is 4.46. The Labute approximate surface area is 123 Å². The molecule has 20 heavy (non-hydrogen) atoms. The third-order valence-electron chi connectivity index (χ3n) is 3.81. The molecule has 1 aliphatic rings. The van der Waals surface area contributed by atoms with Gasteiger partial charge in [0, 0.05) is 11.6 Å². The highest BCUT2D eigenvalue weighted by molar-refractivity contribution is 6.31. The molecule has 2 N–H and O–H groups in total. The van der Waals surface area contributed by atoms with Crippen LogP contribution in [0.25, 0.3) is 11.1 Å². The van der Waals surface area contributed by atoms with E-state index >= 15 is 0 Å². The minimum Gasteiger partial charge on any atom is -0.367 e. The summed E-state index contributed by atoms with van der Waals surface area (Å²) < 4.78 is 4.89. The molecule has 0 bridgehead atoms. The molecule has 0 spiro atoms. The SMILES string of the molecule is Nc1oncc1-c1ccc(CN2CCCCC2)c(Cl)c1. The van der Waals surface area contributed by atoms with E-state index in [1.165, 1.54) is 19.3 Å². The maximum atomic E-state index is 6.40. The summed E-state index contributed by atoms with van der Waals surface area (Å²) in [7, 11) is 0. The second-order valence-corrected chi connectivity index (χ2v) is 5.65. The summed E-state index contributed by atoms with van der Waals surface area (Å²) in [6, 6.07) is 6.02. The van der Waals surface area contributed by atoms with Gasteiger partial charge in [-0.15, -0.1) is 0 Å². The topological polar surface area (TPSA) is 55.3 Å². The molecule has 0 atom stereocenters. The van der Waals surface area contributed by atoms with Crippen molar-refractivity contribution in [2.45, 2.75) is 25.8 Å². The average molecular weight is 292 g/mol. The van der Waals surface area contributed by atoms with Crippen molar-refractivity contribution in [3.8, 4) is 11.1 Å². The van der Waals surface area contributed by atoms with E-state index in [0.29, 0.717) is 5.88 Å². The molecule has 1 aromatic heterocycles. The normalized spacial score (nSPS) is 16.4. The molecule has 0 aliphatic carbocycles. The van der Waals surface area contributed by atoms with Gasteiger partial charge < -0.3 is 10.3 Å². The van der Waals surface area contributed by atoms with Crippen LogP contribution in [0, 0.1) is 0 Å². The van der Waals surface area contributed by atoms with Crippen molar-refractivity contribution in [2.24, 2.45) is 0 Å². The Balaban J connectivity index is 1.79. The molecule has 3 rings (SSSR count). The van der Waals surface area contributed by atoms with E-state index < -0.39 is 0 Å². The van der Waals surface area contributed by atoms with Crippen molar-refractivity contribution < 1.29 is 4.52 Å². The van der Waals surface area contributed by atoms with Gasteiger partial charge in [0.1, 0.15) is 0 Å². The molecule has 0 unspecified atom stereocenters. The summed E-state index contributed by atoms with van der Waals surface area (Å²) in [4.78, 5) is 2.46. The Kier molecular flexibility index (Phi) is 3.94. The molecular formula is C15H18ClN3O. The molecule has 0 amide bonds. The lowest BCUT2D eigenvalue weighted by atomic mass is 10.1. The molecule has 0 radical (unpaired) electrons. The number of nitrogens with two attached hydrogens (primary N) is 1. The predicted octanol–water partition coefficient (Wildman–Crippen LogP) is 3.56. The van der Waals surface area contributed by atoms with Gasteiger partial charge in [-0.3, -0.25) is 4.90 Å². The van der Waals surface area contributed by atoms with Crippen molar-refractivity contribution in [3.05, 3.63) is 35.0 Å². The Morgan fingerprint density at radius 3 is 2.70 bits per heavy atom. The van der Waals surface area contributed by atoms with Crippen LogP contribution in [-0.4, -0.2) is 23.1 Å². The van der Waals surface area contributed by atoms with Crippen molar-refractivity contribution >= 4 is 17.5 Å². The molecular weight excluding hydrogens is 274 g/mol. The van der Waals surface area contributed by atoms with E-state index in [-0.39, 0.29) is 0 Å². The van der Waals surface area contributed by atoms with Crippen molar-refractivity contribution in [1.82, 2.24) is 10.1 Å². The summed E-state index contributed by atoms with van der Waals surface area (Å²) in [6.45, 7) is 3.24. The highest BCUT2D eigenvalue weighted by Gasteiger charge is 2.14. The van der Waals surface area contributed by atoms with Crippen LogP contribution in [-0.2, 0) is 6.54 Å². The number of hydrogen-bond acceptors (Lipinski definition) is 4. The third-order valence-corrected chi connectivity index (χ3v) is 4.16. The number of aromatic nitrogens is 1. The third kappa shape index (κ3) is 2.81. The van der Waals surface area contributed by atoms with Crippen LogP contribution in [0.5, 0.6) is 0 Å². The van der Waals surface area contributed by atoms with Crippen LogP contribution in [0.1, 0.15) is 24.8 Å². The first kappa shape index (κ1) is 13.5. The smallest absolute Gasteiger partial charge is 0.229 e. The van der Waals surface area contributed by atoms with E-state index in [1.807, 2.05) is 12.1 Å². The first-order chi connectivity index (χ1) is 9.74. The average Bonchev–Trinajstić information content (AvgIpc) is 2.88. The van der Waals surface area contributed by atoms with Crippen molar-refractivity contribution in [3.63, 3.8) is 0 Å². The fourth-order valence-electron chi connectivity index (χ4n) is 2.67. The molecule has 106 valence electrons. The second kappa shape index (κ2) is 5.85. The first-order valence-electron chi connectivity index (χ1n) is 6.95. The van der Waals surface area contributed by atoms with E-state index in [9.17, 15) is 0 Å². The van der Waals surface area contributed by atoms with Gasteiger partial charge >= 0.3 is 0 Å². The lowest BCUT2D eigenvalue weighted by Crippen LogP contribution is -2.29. The van der Waals surface area contributed by atoms with Gasteiger partial charge in [-0.1, -0.05) is 35.3 Å². The number of hydrogen-bond donors (Lipinski definition) is 1. The number of rotatable bonds is 3. The summed E-state index contributed by atoms with van der Waals surface area (Å²) in [6.07, 6.45) is 5.53.